The molecule has 1 aliphatic heterocycles. The summed E-state index contributed by atoms with van der Waals surface area (Å²) in [5.41, 5.74) is 1.69. The highest BCUT2D eigenvalue weighted by atomic mass is 16.2. The Morgan fingerprint density at radius 3 is 2.85 bits per heavy atom. The highest BCUT2D eigenvalue weighted by Crippen LogP contribution is 2.33. The van der Waals surface area contributed by atoms with Crippen LogP contribution in [0.15, 0.2) is 36.5 Å². The molecule has 0 radical (unpaired) electrons. The Bertz CT molecular complexity index is 581. The third kappa shape index (κ3) is 2.31. The predicted molar refractivity (Wildman–Crippen MR) is 75.3 cm³/mol. The van der Waals surface area contributed by atoms with Crippen LogP contribution in [0.5, 0.6) is 0 Å². The molecule has 1 aromatic carbocycles. The summed E-state index contributed by atoms with van der Waals surface area (Å²) in [6.07, 6.45) is 3.59. The van der Waals surface area contributed by atoms with Gasteiger partial charge in [-0.2, -0.15) is 15.4 Å². The minimum absolute atomic E-state index is 0.0128. The number of carbonyl (C=O) groups is 1. The van der Waals surface area contributed by atoms with Crippen molar-refractivity contribution in [3.05, 3.63) is 47.8 Å². The van der Waals surface area contributed by atoms with Gasteiger partial charge in [0.15, 0.2) is 5.69 Å². The minimum Gasteiger partial charge on any atom is -0.336 e. The van der Waals surface area contributed by atoms with E-state index in [-0.39, 0.29) is 11.3 Å². The number of piperidine rings is 1. The summed E-state index contributed by atoms with van der Waals surface area (Å²) in [5, 5.41) is 10.1. The number of amides is 1. The molecule has 5 heteroatoms. The van der Waals surface area contributed by atoms with Gasteiger partial charge in [-0.25, -0.2) is 0 Å². The first-order valence-corrected chi connectivity index (χ1v) is 6.90. The first kappa shape index (κ1) is 12.8. The van der Waals surface area contributed by atoms with Crippen LogP contribution < -0.4 is 0 Å². The fraction of sp³-hybridized carbons (Fsp3) is 0.400. The number of H-pyrrole nitrogens is 1. The molecule has 1 aliphatic rings. The third-order valence-corrected chi connectivity index (χ3v) is 4.09. The average molecular weight is 270 g/mol. The van der Waals surface area contributed by atoms with Crippen LogP contribution in [0.4, 0.5) is 0 Å². The first-order valence-electron chi connectivity index (χ1n) is 6.90. The van der Waals surface area contributed by atoms with Crippen molar-refractivity contribution in [1.82, 2.24) is 20.3 Å². The third-order valence-electron chi connectivity index (χ3n) is 4.09. The van der Waals surface area contributed by atoms with E-state index in [4.69, 9.17) is 0 Å². The monoisotopic (exact) mass is 270 g/mol. The predicted octanol–water partition coefficient (Wildman–Crippen LogP) is 2.00. The maximum atomic E-state index is 12.4. The summed E-state index contributed by atoms with van der Waals surface area (Å²) in [6, 6.07) is 10.4. The zero-order chi connectivity index (χ0) is 14.0. The Morgan fingerprint density at radius 2 is 2.15 bits per heavy atom. The number of aromatic nitrogens is 3. The fourth-order valence-electron chi connectivity index (χ4n) is 2.96. The molecule has 1 unspecified atom stereocenters. The Balaban J connectivity index is 1.82. The van der Waals surface area contributed by atoms with Gasteiger partial charge in [-0.05, 0) is 18.4 Å². The molecule has 0 spiro atoms. The van der Waals surface area contributed by atoms with E-state index in [9.17, 15) is 4.79 Å². The van der Waals surface area contributed by atoms with Crippen LogP contribution in [0.1, 0.15) is 35.8 Å². The molecule has 20 heavy (non-hydrogen) atoms. The number of likely N-dealkylation sites (tertiary alicyclic amines) is 1. The molecular weight excluding hydrogens is 252 g/mol. The van der Waals surface area contributed by atoms with E-state index in [0.29, 0.717) is 5.69 Å². The summed E-state index contributed by atoms with van der Waals surface area (Å²) in [4.78, 5) is 14.3. The minimum atomic E-state index is -0.0411. The Hall–Kier alpha value is -2.17. The number of benzene rings is 1. The van der Waals surface area contributed by atoms with E-state index in [1.807, 2.05) is 11.0 Å². The molecule has 0 aliphatic carbocycles. The fourth-order valence-corrected chi connectivity index (χ4v) is 2.96. The van der Waals surface area contributed by atoms with E-state index >= 15 is 0 Å². The number of rotatable bonds is 2. The van der Waals surface area contributed by atoms with Gasteiger partial charge in [0.25, 0.3) is 5.91 Å². The second kappa shape index (κ2) is 5.07. The van der Waals surface area contributed by atoms with Crippen molar-refractivity contribution in [3.8, 4) is 0 Å². The van der Waals surface area contributed by atoms with Crippen molar-refractivity contribution in [2.75, 3.05) is 13.1 Å². The molecule has 2 aromatic rings. The van der Waals surface area contributed by atoms with Crippen LogP contribution in [0.3, 0.4) is 0 Å². The molecule has 1 aromatic heterocycles. The molecule has 5 nitrogen and oxygen atoms in total. The number of hydrogen-bond acceptors (Lipinski definition) is 3. The Labute approximate surface area is 118 Å². The van der Waals surface area contributed by atoms with Crippen molar-refractivity contribution in [2.24, 2.45) is 0 Å². The van der Waals surface area contributed by atoms with Crippen LogP contribution >= 0.6 is 0 Å². The average Bonchev–Trinajstić information content (AvgIpc) is 3.02. The lowest BCUT2D eigenvalue weighted by Gasteiger charge is -2.40. The van der Waals surface area contributed by atoms with Crippen molar-refractivity contribution in [2.45, 2.75) is 25.2 Å². The van der Waals surface area contributed by atoms with Gasteiger partial charge >= 0.3 is 0 Å². The number of hydrogen-bond donors (Lipinski definition) is 1. The zero-order valence-electron chi connectivity index (χ0n) is 11.5. The lowest BCUT2D eigenvalue weighted by Crippen LogP contribution is -2.47. The van der Waals surface area contributed by atoms with Crippen LogP contribution in [0, 0.1) is 0 Å². The second-order valence-corrected chi connectivity index (χ2v) is 5.61. The maximum Gasteiger partial charge on any atom is 0.276 e. The van der Waals surface area contributed by atoms with Gasteiger partial charge in [-0.3, -0.25) is 4.79 Å². The van der Waals surface area contributed by atoms with Gasteiger partial charge < -0.3 is 4.90 Å². The Kier molecular flexibility index (Phi) is 3.26. The van der Waals surface area contributed by atoms with Gasteiger partial charge in [0.05, 0.1) is 6.20 Å². The van der Waals surface area contributed by atoms with Crippen LogP contribution in [0.2, 0.25) is 0 Å². The van der Waals surface area contributed by atoms with Gasteiger partial charge in [-0.15, -0.1) is 0 Å². The number of nitrogens with one attached hydrogen (secondary N) is 1. The lowest BCUT2D eigenvalue weighted by atomic mass is 9.76. The molecule has 2 heterocycles. The highest BCUT2D eigenvalue weighted by Gasteiger charge is 2.35. The molecule has 1 amide bonds. The highest BCUT2D eigenvalue weighted by molar-refractivity contribution is 5.92. The van der Waals surface area contributed by atoms with E-state index < -0.39 is 0 Å². The van der Waals surface area contributed by atoms with Gasteiger partial charge in [0.2, 0.25) is 0 Å². The SMILES string of the molecule is CC1(c2ccccc2)CCCN(C(=O)c2cn[nH]n2)C1. The summed E-state index contributed by atoms with van der Waals surface area (Å²) >= 11 is 0. The second-order valence-electron chi connectivity index (χ2n) is 5.61. The summed E-state index contributed by atoms with van der Waals surface area (Å²) in [5.74, 6) is -0.0411. The molecule has 1 saturated heterocycles. The van der Waals surface area contributed by atoms with Crippen molar-refractivity contribution in [1.29, 1.82) is 0 Å². The van der Waals surface area contributed by atoms with Crippen molar-refractivity contribution in [3.63, 3.8) is 0 Å². The van der Waals surface area contributed by atoms with E-state index in [1.165, 1.54) is 11.8 Å². The molecule has 1 N–H and O–H groups in total. The molecule has 1 fully saturated rings. The van der Waals surface area contributed by atoms with Gasteiger partial charge in [-0.1, -0.05) is 37.3 Å². The van der Waals surface area contributed by atoms with E-state index in [2.05, 4.69) is 46.6 Å². The molecule has 104 valence electrons. The normalized spacial score (nSPS) is 22.8. The van der Waals surface area contributed by atoms with Crippen LogP contribution in [-0.4, -0.2) is 39.3 Å². The molecule has 0 bridgehead atoms. The largest absolute Gasteiger partial charge is 0.336 e. The van der Waals surface area contributed by atoms with Gasteiger partial charge in [0, 0.05) is 18.5 Å². The van der Waals surface area contributed by atoms with Crippen LogP contribution in [-0.2, 0) is 5.41 Å². The molecular formula is C15H18N4O. The summed E-state index contributed by atoms with van der Waals surface area (Å²) in [6.45, 7) is 3.74. The van der Waals surface area contributed by atoms with Crippen molar-refractivity contribution < 1.29 is 4.79 Å². The quantitative estimate of drug-likeness (QED) is 0.908. The smallest absolute Gasteiger partial charge is 0.276 e. The first-order chi connectivity index (χ1) is 9.69. The number of carbonyl (C=O) groups excluding carboxylic acids is 1. The zero-order valence-corrected chi connectivity index (χ0v) is 11.5. The Morgan fingerprint density at radius 1 is 1.35 bits per heavy atom. The summed E-state index contributed by atoms with van der Waals surface area (Å²) in [7, 11) is 0. The van der Waals surface area contributed by atoms with Crippen LogP contribution in [0.25, 0.3) is 0 Å². The van der Waals surface area contributed by atoms with E-state index in [0.717, 1.165) is 25.9 Å². The topological polar surface area (TPSA) is 61.9 Å². The standard InChI is InChI=1S/C15H18N4O/c1-15(12-6-3-2-4-7-12)8-5-9-19(11-15)14(20)13-10-16-18-17-13/h2-4,6-7,10H,5,8-9,11H2,1H3,(H,16,17,18). The maximum absolute atomic E-state index is 12.4. The number of nitrogens with zero attached hydrogens (tertiary/aromatic N) is 3. The summed E-state index contributed by atoms with van der Waals surface area (Å²) < 4.78 is 0. The van der Waals surface area contributed by atoms with E-state index in [1.54, 1.807) is 0 Å². The number of aromatic amines is 1. The molecule has 0 saturated carbocycles. The van der Waals surface area contributed by atoms with Gasteiger partial charge in [0.1, 0.15) is 0 Å². The van der Waals surface area contributed by atoms with Crippen molar-refractivity contribution >= 4 is 5.91 Å². The molecule has 3 rings (SSSR count). The lowest BCUT2D eigenvalue weighted by molar-refractivity contribution is 0.0645. The molecule has 1 atom stereocenters.